The van der Waals surface area contributed by atoms with E-state index >= 15 is 0 Å². The van der Waals surface area contributed by atoms with E-state index in [2.05, 4.69) is 16.9 Å². The molecule has 3 aromatic rings. The Labute approximate surface area is 173 Å². The van der Waals surface area contributed by atoms with Gasteiger partial charge < -0.3 is 10.1 Å². The van der Waals surface area contributed by atoms with Crippen molar-refractivity contribution in [1.29, 1.82) is 5.26 Å². The smallest absolute Gasteiger partial charge is 0.269 e. The average molecular weight is 400 g/mol. The van der Waals surface area contributed by atoms with E-state index in [4.69, 9.17) is 4.74 Å². The molecule has 2 heterocycles. The van der Waals surface area contributed by atoms with E-state index in [0.717, 1.165) is 11.1 Å². The van der Waals surface area contributed by atoms with Crippen LogP contribution >= 0.6 is 0 Å². The van der Waals surface area contributed by atoms with Crippen molar-refractivity contribution in [3.8, 4) is 17.7 Å². The standard InChI is InChI=1S/C23H20N4O3/c1-4-11-25-21(28)17(14-24)13-19-22(30-18-9-7-15(2)8-10-18)26-20-16(3)6-5-12-27(20)23(19)29/h4-10,12-13H,1,11H2,2-3H3,(H,25,28)/b17-13+. The van der Waals surface area contributed by atoms with Crippen LogP contribution in [-0.4, -0.2) is 21.8 Å². The van der Waals surface area contributed by atoms with Crippen molar-refractivity contribution in [1.82, 2.24) is 14.7 Å². The molecule has 0 radical (unpaired) electrons. The van der Waals surface area contributed by atoms with E-state index in [0.29, 0.717) is 11.4 Å². The Morgan fingerprint density at radius 1 is 1.30 bits per heavy atom. The Kier molecular flexibility index (Phi) is 6.08. The number of pyridine rings is 1. The molecule has 0 unspecified atom stereocenters. The minimum atomic E-state index is -0.618. The summed E-state index contributed by atoms with van der Waals surface area (Å²) in [7, 11) is 0. The van der Waals surface area contributed by atoms with Gasteiger partial charge in [-0.25, -0.2) is 0 Å². The third-order valence-corrected chi connectivity index (χ3v) is 4.35. The minimum Gasteiger partial charge on any atom is -0.438 e. The highest BCUT2D eigenvalue weighted by atomic mass is 16.5. The Morgan fingerprint density at radius 3 is 2.70 bits per heavy atom. The largest absolute Gasteiger partial charge is 0.438 e. The van der Waals surface area contributed by atoms with Crippen LogP contribution in [0.2, 0.25) is 0 Å². The molecule has 0 aliphatic heterocycles. The summed E-state index contributed by atoms with van der Waals surface area (Å²) in [6.07, 6.45) is 4.27. The number of aryl methyl sites for hydroxylation is 2. The fourth-order valence-electron chi connectivity index (χ4n) is 2.76. The van der Waals surface area contributed by atoms with Crippen molar-refractivity contribution in [2.24, 2.45) is 0 Å². The van der Waals surface area contributed by atoms with Gasteiger partial charge in [-0.15, -0.1) is 6.58 Å². The summed E-state index contributed by atoms with van der Waals surface area (Å²) in [6.45, 7) is 7.50. The van der Waals surface area contributed by atoms with Gasteiger partial charge in [0.2, 0.25) is 5.88 Å². The maximum atomic E-state index is 13.2. The molecule has 30 heavy (non-hydrogen) atoms. The fourth-order valence-corrected chi connectivity index (χ4v) is 2.76. The number of nitrogens with one attached hydrogen (secondary N) is 1. The molecule has 2 aromatic heterocycles. The van der Waals surface area contributed by atoms with Gasteiger partial charge in [0.15, 0.2) is 0 Å². The second-order valence-corrected chi connectivity index (χ2v) is 6.60. The van der Waals surface area contributed by atoms with Gasteiger partial charge in [-0.3, -0.25) is 14.0 Å². The van der Waals surface area contributed by atoms with Crippen LogP contribution in [0.25, 0.3) is 11.7 Å². The number of ether oxygens (including phenoxy) is 1. The van der Waals surface area contributed by atoms with Crippen LogP contribution in [-0.2, 0) is 4.79 Å². The van der Waals surface area contributed by atoms with Gasteiger partial charge in [0, 0.05) is 12.7 Å². The second kappa shape index (κ2) is 8.88. The van der Waals surface area contributed by atoms with Gasteiger partial charge in [0.25, 0.3) is 11.5 Å². The third kappa shape index (κ3) is 4.28. The van der Waals surface area contributed by atoms with Crippen LogP contribution in [0.15, 0.2) is 65.6 Å². The zero-order valence-electron chi connectivity index (χ0n) is 16.7. The third-order valence-electron chi connectivity index (χ3n) is 4.35. The van der Waals surface area contributed by atoms with Crippen LogP contribution < -0.4 is 15.6 Å². The molecule has 1 N–H and O–H groups in total. The number of aromatic nitrogens is 2. The molecule has 0 aliphatic carbocycles. The minimum absolute atomic E-state index is 0.00368. The van der Waals surface area contributed by atoms with E-state index in [1.807, 2.05) is 38.1 Å². The first kappa shape index (κ1) is 20.6. The summed E-state index contributed by atoms with van der Waals surface area (Å²) in [5.74, 6) is -0.121. The predicted octanol–water partition coefficient (Wildman–Crippen LogP) is 3.31. The Morgan fingerprint density at radius 2 is 2.03 bits per heavy atom. The molecular formula is C23H20N4O3. The number of rotatable bonds is 6. The van der Waals surface area contributed by atoms with Crippen LogP contribution in [0.1, 0.15) is 16.7 Å². The normalized spacial score (nSPS) is 11.0. The van der Waals surface area contributed by atoms with E-state index in [-0.39, 0.29) is 23.6 Å². The Bertz CT molecular complexity index is 1250. The number of amides is 1. The predicted molar refractivity (Wildman–Crippen MR) is 114 cm³/mol. The van der Waals surface area contributed by atoms with Crippen molar-refractivity contribution in [2.75, 3.05) is 6.54 Å². The molecule has 0 aliphatic rings. The molecule has 7 heteroatoms. The summed E-state index contributed by atoms with van der Waals surface area (Å²) in [5, 5.41) is 12.0. The van der Waals surface area contributed by atoms with E-state index in [1.165, 1.54) is 16.6 Å². The number of benzene rings is 1. The highest BCUT2D eigenvalue weighted by molar-refractivity contribution is 6.02. The molecule has 0 saturated heterocycles. The SMILES string of the molecule is C=CCNC(=O)/C(C#N)=C/c1c(Oc2ccc(C)cc2)nc2c(C)cccn2c1=O. The van der Waals surface area contributed by atoms with Gasteiger partial charge in [-0.1, -0.05) is 29.8 Å². The molecule has 0 bridgehead atoms. The quantitative estimate of drug-likeness (QED) is 0.389. The first-order chi connectivity index (χ1) is 14.4. The Balaban J connectivity index is 2.21. The molecule has 0 spiro atoms. The number of carbonyl (C=O) groups is 1. The molecule has 3 rings (SSSR count). The molecule has 7 nitrogen and oxygen atoms in total. The van der Waals surface area contributed by atoms with Crippen LogP contribution in [0.5, 0.6) is 11.6 Å². The topological polar surface area (TPSA) is 96.5 Å². The average Bonchev–Trinajstić information content (AvgIpc) is 2.74. The van der Waals surface area contributed by atoms with Crippen molar-refractivity contribution in [2.45, 2.75) is 13.8 Å². The fraction of sp³-hybridized carbons (Fsp3) is 0.130. The number of carbonyl (C=O) groups excluding carboxylic acids is 1. The first-order valence-corrected chi connectivity index (χ1v) is 9.22. The molecule has 0 saturated carbocycles. The summed E-state index contributed by atoms with van der Waals surface area (Å²) in [5.41, 5.74) is 1.58. The van der Waals surface area contributed by atoms with E-state index < -0.39 is 11.5 Å². The van der Waals surface area contributed by atoms with Crippen molar-refractivity contribution >= 4 is 17.6 Å². The summed E-state index contributed by atoms with van der Waals surface area (Å²) >= 11 is 0. The van der Waals surface area contributed by atoms with Gasteiger partial charge in [0.1, 0.15) is 28.6 Å². The van der Waals surface area contributed by atoms with Crippen LogP contribution in [0.4, 0.5) is 0 Å². The molecule has 0 fully saturated rings. The van der Waals surface area contributed by atoms with E-state index in [1.54, 1.807) is 24.4 Å². The number of hydrogen-bond donors (Lipinski definition) is 1. The highest BCUT2D eigenvalue weighted by Crippen LogP contribution is 2.25. The first-order valence-electron chi connectivity index (χ1n) is 9.22. The lowest BCUT2D eigenvalue weighted by Crippen LogP contribution is -2.25. The highest BCUT2D eigenvalue weighted by Gasteiger charge is 2.17. The molecular weight excluding hydrogens is 380 g/mol. The monoisotopic (exact) mass is 400 g/mol. The van der Waals surface area contributed by atoms with Crippen molar-refractivity contribution in [3.63, 3.8) is 0 Å². The second-order valence-electron chi connectivity index (χ2n) is 6.60. The molecule has 150 valence electrons. The number of hydrogen-bond acceptors (Lipinski definition) is 5. The maximum absolute atomic E-state index is 13.2. The number of nitriles is 1. The lowest BCUT2D eigenvalue weighted by Gasteiger charge is -2.11. The number of nitrogens with zero attached hydrogens (tertiary/aromatic N) is 3. The molecule has 1 amide bonds. The van der Waals surface area contributed by atoms with Gasteiger partial charge >= 0.3 is 0 Å². The maximum Gasteiger partial charge on any atom is 0.269 e. The zero-order chi connectivity index (χ0) is 21.7. The Hall–Kier alpha value is -4.18. The lowest BCUT2D eigenvalue weighted by atomic mass is 10.1. The zero-order valence-corrected chi connectivity index (χ0v) is 16.7. The van der Waals surface area contributed by atoms with Crippen molar-refractivity contribution < 1.29 is 9.53 Å². The van der Waals surface area contributed by atoms with Gasteiger partial charge in [0.05, 0.1) is 0 Å². The lowest BCUT2D eigenvalue weighted by molar-refractivity contribution is -0.116. The summed E-state index contributed by atoms with van der Waals surface area (Å²) in [6, 6.07) is 12.6. The van der Waals surface area contributed by atoms with Crippen molar-refractivity contribution in [3.05, 3.63) is 87.9 Å². The molecule has 0 atom stereocenters. The summed E-state index contributed by atoms with van der Waals surface area (Å²) < 4.78 is 7.25. The van der Waals surface area contributed by atoms with E-state index in [9.17, 15) is 14.9 Å². The molecule has 1 aromatic carbocycles. The van der Waals surface area contributed by atoms with Crippen LogP contribution in [0.3, 0.4) is 0 Å². The van der Waals surface area contributed by atoms with Crippen LogP contribution in [0, 0.1) is 25.2 Å². The summed E-state index contributed by atoms with van der Waals surface area (Å²) in [4.78, 5) is 29.9. The van der Waals surface area contributed by atoms with Gasteiger partial charge in [-0.05, 0) is 43.7 Å². The van der Waals surface area contributed by atoms with Gasteiger partial charge in [-0.2, -0.15) is 10.2 Å². The number of fused-ring (bicyclic) bond motifs is 1.